The summed E-state index contributed by atoms with van der Waals surface area (Å²) in [6, 6.07) is 19.0. The van der Waals surface area contributed by atoms with Crippen LogP contribution in [0.2, 0.25) is 0 Å². The summed E-state index contributed by atoms with van der Waals surface area (Å²) in [7, 11) is 0. The number of benzene rings is 2. The van der Waals surface area contributed by atoms with E-state index in [1.165, 1.54) is 0 Å². The van der Waals surface area contributed by atoms with E-state index in [2.05, 4.69) is 11.8 Å². The molecule has 1 atom stereocenters. The van der Waals surface area contributed by atoms with Crippen LogP contribution in [0.25, 0.3) is 0 Å². The highest BCUT2D eigenvalue weighted by Crippen LogP contribution is 2.26. The fourth-order valence-corrected chi connectivity index (χ4v) is 3.36. The molecule has 0 aliphatic carbocycles. The molecule has 1 unspecified atom stereocenters. The largest absolute Gasteiger partial charge is 0.399 e. The Labute approximate surface area is 151 Å². The number of rotatable bonds is 4. The van der Waals surface area contributed by atoms with Crippen LogP contribution in [0, 0.1) is 11.8 Å². The standard InChI is InChI=1S/C21H18N2OS/c22-18-6-1-15(2-7-18)5-10-20-11-12-21(25-20)17(14-24)13-16-3-8-19(23)9-4-16/h1-4,6-9,11-12,14,17H,13,22-23H2. The Morgan fingerprint density at radius 1 is 0.880 bits per heavy atom. The van der Waals surface area contributed by atoms with Gasteiger partial charge in [-0.25, -0.2) is 0 Å². The number of nitrogen functional groups attached to an aromatic ring is 2. The van der Waals surface area contributed by atoms with E-state index in [1.54, 1.807) is 11.3 Å². The highest BCUT2D eigenvalue weighted by molar-refractivity contribution is 7.12. The molecule has 1 aromatic heterocycles. The number of thiophene rings is 1. The maximum absolute atomic E-state index is 11.5. The van der Waals surface area contributed by atoms with Crippen molar-refractivity contribution in [2.45, 2.75) is 12.3 Å². The van der Waals surface area contributed by atoms with Crippen molar-refractivity contribution < 1.29 is 4.79 Å². The number of carbonyl (C=O) groups is 1. The van der Waals surface area contributed by atoms with Gasteiger partial charge in [-0.1, -0.05) is 24.0 Å². The number of hydrogen-bond donors (Lipinski definition) is 2. The van der Waals surface area contributed by atoms with Crippen LogP contribution in [0.1, 0.15) is 26.8 Å². The minimum Gasteiger partial charge on any atom is -0.399 e. The molecule has 0 radical (unpaired) electrons. The first-order valence-electron chi connectivity index (χ1n) is 7.91. The molecule has 0 spiro atoms. The molecule has 0 fully saturated rings. The van der Waals surface area contributed by atoms with E-state index in [0.717, 1.165) is 38.5 Å². The van der Waals surface area contributed by atoms with E-state index in [9.17, 15) is 4.79 Å². The lowest BCUT2D eigenvalue weighted by atomic mass is 9.99. The molecule has 3 nitrogen and oxygen atoms in total. The van der Waals surface area contributed by atoms with Gasteiger partial charge in [0.15, 0.2) is 0 Å². The van der Waals surface area contributed by atoms with E-state index in [0.29, 0.717) is 6.42 Å². The van der Waals surface area contributed by atoms with Crippen LogP contribution >= 0.6 is 11.3 Å². The van der Waals surface area contributed by atoms with Crippen LogP contribution in [-0.4, -0.2) is 6.29 Å². The molecule has 1 heterocycles. The second-order valence-electron chi connectivity index (χ2n) is 5.76. The highest BCUT2D eigenvalue weighted by atomic mass is 32.1. The first kappa shape index (κ1) is 16.8. The molecule has 25 heavy (non-hydrogen) atoms. The Morgan fingerprint density at radius 3 is 2.16 bits per heavy atom. The number of nitrogens with two attached hydrogens (primary N) is 2. The molecule has 0 bridgehead atoms. The second-order valence-corrected chi connectivity index (χ2v) is 6.88. The Hall–Kier alpha value is -3.03. The number of anilines is 2. The average Bonchev–Trinajstić information content (AvgIpc) is 3.09. The van der Waals surface area contributed by atoms with Gasteiger partial charge < -0.3 is 16.3 Å². The van der Waals surface area contributed by atoms with Gasteiger partial charge in [-0.2, -0.15) is 0 Å². The van der Waals surface area contributed by atoms with Gasteiger partial charge in [0.05, 0.1) is 10.8 Å². The third-order valence-corrected chi connectivity index (χ3v) is 4.97. The predicted molar refractivity (Wildman–Crippen MR) is 105 cm³/mol. The molecule has 0 aliphatic rings. The minimum absolute atomic E-state index is 0.166. The van der Waals surface area contributed by atoms with Crippen LogP contribution in [-0.2, 0) is 11.2 Å². The van der Waals surface area contributed by atoms with Gasteiger partial charge in [0.2, 0.25) is 0 Å². The fraction of sp³-hybridized carbons (Fsp3) is 0.0952. The Morgan fingerprint density at radius 2 is 1.52 bits per heavy atom. The summed E-state index contributed by atoms with van der Waals surface area (Å²) in [5.41, 5.74) is 14.8. The van der Waals surface area contributed by atoms with Crippen molar-refractivity contribution in [1.29, 1.82) is 0 Å². The first-order valence-corrected chi connectivity index (χ1v) is 8.73. The first-order chi connectivity index (χ1) is 12.1. The zero-order valence-electron chi connectivity index (χ0n) is 13.6. The van der Waals surface area contributed by atoms with Gasteiger partial charge >= 0.3 is 0 Å². The monoisotopic (exact) mass is 346 g/mol. The second kappa shape index (κ2) is 7.69. The molecule has 4 N–H and O–H groups in total. The van der Waals surface area contributed by atoms with Crippen molar-refractivity contribution in [2.24, 2.45) is 0 Å². The topological polar surface area (TPSA) is 69.1 Å². The Balaban J connectivity index is 1.74. The Kier molecular flexibility index (Phi) is 5.17. The summed E-state index contributed by atoms with van der Waals surface area (Å²) in [6.45, 7) is 0. The van der Waals surface area contributed by atoms with Gasteiger partial charge in [-0.05, 0) is 60.5 Å². The average molecular weight is 346 g/mol. The zero-order chi connectivity index (χ0) is 17.6. The van der Waals surface area contributed by atoms with Crippen molar-refractivity contribution >= 4 is 29.0 Å². The summed E-state index contributed by atoms with van der Waals surface area (Å²) in [4.78, 5) is 13.5. The molecule has 0 saturated heterocycles. The molecule has 124 valence electrons. The predicted octanol–water partition coefficient (Wildman–Crippen LogP) is 3.84. The SMILES string of the molecule is Nc1ccc(C#Cc2ccc(C(C=O)Cc3ccc(N)cc3)s2)cc1. The summed E-state index contributed by atoms with van der Waals surface area (Å²) < 4.78 is 0. The molecular weight excluding hydrogens is 328 g/mol. The van der Waals surface area contributed by atoms with Crippen LogP contribution in [0.3, 0.4) is 0 Å². The number of carbonyl (C=O) groups excluding carboxylic acids is 1. The van der Waals surface area contributed by atoms with Gasteiger partial charge in [-0.15, -0.1) is 11.3 Å². The maximum atomic E-state index is 11.5. The molecule has 2 aromatic carbocycles. The van der Waals surface area contributed by atoms with E-state index in [4.69, 9.17) is 11.5 Å². The summed E-state index contributed by atoms with van der Waals surface area (Å²) >= 11 is 1.56. The molecule has 4 heteroatoms. The smallest absolute Gasteiger partial charge is 0.128 e. The van der Waals surface area contributed by atoms with E-state index < -0.39 is 0 Å². The van der Waals surface area contributed by atoms with Crippen molar-refractivity contribution in [3.8, 4) is 11.8 Å². The lowest BCUT2D eigenvalue weighted by Gasteiger charge is -2.08. The van der Waals surface area contributed by atoms with Crippen LogP contribution in [0.15, 0.2) is 60.7 Å². The quantitative estimate of drug-likeness (QED) is 0.428. The van der Waals surface area contributed by atoms with Crippen molar-refractivity contribution in [3.05, 3.63) is 81.5 Å². The molecule has 0 aliphatic heterocycles. The van der Waals surface area contributed by atoms with E-state index in [1.807, 2.05) is 60.7 Å². The molecular formula is C21H18N2OS. The van der Waals surface area contributed by atoms with E-state index in [-0.39, 0.29) is 5.92 Å². The number of hydrogen-bond acceptors (Lipinski definition) is 4. The highest BCUT2D eigenvalue weighted by Gasteiger charge is 2.13. The van der Waals surface area contributed by atoms with Gasteiger partial charge in [0, 0.05) is 21.8 Å². The van der Waals surface area contributed by atoms with Gasteiger partial charge in [0.1, 0.15) is 6.29 Å². The Bertz CT molecular complexity index is 915. The van der Waals surface area contributed by atoms with Crippen molar-refractivity contribution in [2.75, 3.05) is 11.5 Å². The molecule has 3 aromatic rings. The van der Waals surface area contributed by atoms with Gasteiger partial charge in [-0.3, -0.25) is 0 Å². The molecule has 3 rings (SSSR count). The van der Waals surface area contributed by atoms with Crippen LogP contribution < -0.4 is 11.5 Å². The van der Waals surface area contributed by atoms with Crippen LogP contribution in [0.5, 0.6) is 0 Å². The fourth-order valence-electron chi connectivity index (χ4n) is 2.44. The number of aldehydes is 1. The summed E-state index contributed by atoms with van der Waals surface area (Å²) in [5.74, 6) is 6.10. The maximum Gasteiger partial charge on any atom is 0.128 e. The summed E-state index contributed by atoms with van der Waals surface area (Å²) in [6.07, 6.45) is 1.66. The molecule has 0 amide bonds. The van der Waals surface area contributed by atoms with E-state index >= 15 is 0 Å². The summed E-state index contributed by atoms with van der Waals surface area (Å²) in [5, 5.41) is 0. The molecule has 0 saturated carbocycles. The zero-order valence-corrected chi connectivity index (χ0v) is 14.4. The van der Waals surface area contributed by atoms with Crippen LogP contribution in [0.4, 0.5) is 11.4 Å². The van der Waals surface area contributed by atoms with Crippen molar-refractivity contribution in [1.82, 2.24) is 0 Å². The van der Waals surface area contributed by atoms with Gasteiger partial charge in [0.25, 0.3) is 0 Å². The lowest BCUT2D eigenvalue weighted by molar-refractivity contribution is -0.109. The third kappa shape index (κ3) is 4.50. The lowest BCUT2D eigenvalue weighted by Crippen LogP contribution is -2.02. The minimum atomic E-state index is -0.166. The third-order valence-electron chi connectivity index (χ3n) is 3.83. The van der Waals surface area contributed by atoms with Crippen molar-refractivity contribution in [3.63, 3.8) is 0 Å². The normalized spacial score (nSPS) is 11.4.